The van der Waals surface area contributed by atoms with Crippen molar-refractivity contribution in [3.8, 4) is 0 Å². The Morgan fingerprint density at radius 2 is 1.94 bits per heavy atom. The molecule has 0 radical (unpaired) electrons. The minimum Gasteiger partial charge on any atom is -0.492 e. The van der Waals surface area contributed by atoms with E-state index in [1.807, 2.05) is 0 Å². The fraction of sp³-hybridized carbons (Fsp3) is 0.714. The zero-order valence-electron chi connectivity index (χ0n) is 11.8. The highest BCUT2D eigenvalue weighted by atomic mass is 16.5. The van der Waals surface area contributed by atoms with Crippen LogP contribution in [0, 0.1) is 5.92 Å². The lowest BCUT2D eigenvalue weighted by Crippen LogP contribution is -2.53. The molecule has 1 aliphatic carbocycles. The van der Waals surface area contributed by atoms with E-state index >= 15 is 0 Å². The van der Waals surface area contributed by atoms with Crippen LogP contribution >= 0.6 is 0 Å². The first kappa shape index (κ1) is 12.5. The molecule has 2 atom stereocenters. The highest BCUT2D eigenvalue weighted by Gasteiger charge is 2.51. The van der Waals surface area contributed by atoms with Crippen molar-refractivity contribution in [1.29, 1.82) is 0 Å². The molecule has 0 aromatic carbocycles. The van der Waals surface area contributed by atoms with E-state index in [0.29, 0.717) is 5.92 Å². The summed E-state index contributed by atoms with van der Waals surface area (Å²) < 4.78 is 6.11. The zero-order chi connectivity index (χ0) is 13.0. The molecule has 2 rings (SSSR count). The van der Waals surface area contributed by atoms with E-state index in [4.69, 9.17) is 10.5 Å². The molecule has 0 aromatic heterocycles. The van der Waals surface area contributed by atoms with Gasteiger partial charge in [-0.05, 0) is 59.9 Å². The standard InChI is InChI=1S/C14H24N2O/c1-9-7-11(15)14(4,16(5)6)10-8-13(2,3)17-12(9)10/h7,10H,8,15H2,1-6H3. The van der Waals surface area contributed by atoms with E-state index in [9.17, 15) is 0 Å². The number of ether oxygens (including phenoxy) is 1. The van der Waals surface area contributed by atoms with Crippen molar-refractivity contribution in [3.05, 3.63) is 23.1 Å². The first-order valence-electron chi connectivity index (χ1n) is 6.23. The maximum absolute atomic E-state index is 6.28. The first-order valence-corrected chi connectivity index (χ1v) is 6.23. The molecule has 1 saturated heterocycles. The first-order chi connectivity index (χ1) is 7.68. The van der Waals surface area contributed by atoms with E-state index < -0.39 is 0 Å². The van der Waals surface area contributed by atoms with Crippen LogP contribution < -0.4 is 5.73 Å². The number of fused-ring (bicyclic) bond motifs is 1. The number of rotatable bonds is 1. The third-order valence-electron chi connectivity index (χ3n) is 4.35. The number of hydrogen-bond donors (Lipinski definition) is 1. The summed E-state index contributed by atoms with van der Waals surface area (Å²) in [5, 5.41) is 0. The van der Waals surface area contributed by atoms with Crippen LogP contribution in [-0.4, -0.2) is 30.1 Å². The molecule has 2 N–H and O–H groups in total. The largest absolute Gasteiger partial charge is 0.492 e. The fourth-order valence-electron chi connectivity index (χ4n) is 3.03. The van der Waals surface area contributed by atoms with Gasteiger partial charge in [0.25, 0.3) is 0 Å². The van der Waals surface area contributed by atoms with Crippen LogP contribution in [-0.2, 0) is 4.74 Å². The van der Waals surface area contributed by atoms with Crippen molar-refractivity contribution in [1.82, 2.24) is 4.90 Å². The van der Waals surface area contributed by atoms with Gasteiger partial charge >= 0.3 is 0 Å². The SMILES string of the molecule is CC1=C2OC(C)(C)CC2C(C)(N(C)C)C(N)=C1. The van der Waals surface area contributed by atoms with Crippen molar-refractivity contribution < 1.29 is 4.74 Å². The van der Waals surface area contributed by atoms with E-state index in [-0.39, 0.29) is 11.1 Å². The summed E-state index contributed by atoms with van der Waals surface area (Å²) in [4.78, 5) is 2.21. The Kier molecular flexibility index (Phi) is 2.58. The Morgan fingerprint density at radius 3 is 2.47 bits per heavy atom. The molecule has 3 heteroatoms. The van der Waals surface area contributed by atoms with Gasteiger partial charge in [0.2, 0.25) is 0 Å². The van der Waals surface area contributed by atoms with Crippen molar-refractivity contribution in [2.75, 3.05) is 14.1 Å². The second kappa shape index (κ2) is 3.52. The molecule has 1 heterocycles. The predicted molar refractivity (Wildman–Crippen MR) is 70.3 cm³/mol. The van der Waals surface area contributed by atoms with E-state index in [0.717, 1.165) is 17.9 Å². The average molecular weight is 236 g/mol. The second-order valence-electron chi connectivity index (χ2n) is 6.31. The third-order valence-corrected chi connectivity index (χ3v) is 4.35. The molecular weight excluding hydrogens is 212 g/mol. The topological polar surface area (TPSA) is 38.5 Å². The van der Waals surface area contributed by atoms with Crippen molar-refractivity contribution in [3.63, 3.8) is 0 Å². The Hall–Kier alpha value is -0.960. The number of likely N-dealkylation sites (N-methyl/N-ethyl adjacent to an activating group) is 1. The molecule has 0 saturated carbocycles. The quantitative estimate of drug-likeness (QED) is 0.759. The summed E-state index contributed by atoms with van der Waals surface area (Å²) in [5.74, 6) is 1.48. The number of nitrogens with zero attached hydrogens (tertiary/aromatic N) is 1. The van der Waals surface area contributed by atoms with Gasteiger partial charge in [0.1, 0.15) is 11.4 Å². The van der Waals surface area contributed by atoms with Gasteiger partial charge in [-0.15, -0.1) is 0 Å². The van der Waals surface area contributed by atoms with Gasteiger partial charge in [-0.1, -0.05) is 0 Å². The molecule has 17 heavy (non-hydrogen) atoms. The Morgan fingerprint density at radius 1 is 1.35 bits per heavy atom. The van der Waals surface area contributed by atoms with Crippen molar-refractivity contribution in [2.45, 2.75) is 45.3 Å². The molecule has 0 aromatic rings. The van der Waals surface area contributed by atoms with Crippen LogP contribution in [0.3, 0.4) is 0 Å². The van der Waals surface area contributed by atoms with Gasteiger partial charge in [-0.2, -0.15) is 0 Å². The monoisotopic (exact) mass is 236 g/mol. The number of allylic oxidation sites excluding steroid dienone is 2. The maximum atomic E-state index is 6.28. The summed E-state index contributed by atoms with van der Waals surface area (Å²) in [6.07, 6.45) is 3.08. The van der Waals surface area contributed by atoms with Crippen LogP contribution in [0.15, 0.2) is 23.1 Å². The molecule has 0 bridgehead atoms. The van der Waals surface area contributed by atoms with Crippen LogP contribution in [0.25, 0.3) is 0 Å². The lowest BCUT2D eigenvalue weighted by Gasteiger charge is -2.44. The highest BCUT2D eigenvalue weighted by molar-refractivity contribution is 5.40. The molecule has 96 valence electrons. The smallest absolute Gasteiger partial charge is 0.105 e. The molecule has 2 aliphatic rings. The molecule has 0 spiro atoms. The molecule has 3 nitrogen and oxygen atoms in total. The van der Waals surface area contributed by atoms with E-state index in [2.05, 4.69) is 52.8 Å². The Labute approximate surface area is 104 Å². The molecule has 1 aliphatic heterocycles. The number of hydrogen-bond acceptors (Lipinski definition) is 3. The van der Waals surface area contributed by atoms with E-state index in [1.54, 1.807) is 0 Å². The summed E-state index contributed by atoms with van der Waals surface area (Å²) in [7, 11) is 4.18. The van der Waals surface area contributed by atoms with Crippen LogP contribution in [0.4, 0.5) is 0 Å². The Bertz CT molecular complexity index is 406. The predicted octanol–water partition coefficient (Wildman–Crippen LogP) is 2.25. The lowest BCUT2D eigenvalue weighted by molar-refractivity contribution is 0.0747. The van der Waals surface area contributed by atoms with Crippen LogP contribution in [0.1, 0.15) is 34.1 Å². The molecular formula is C14H24N2O. The van der Waals surface area contributed by atoms with Gasteiger partial charge in [0, 0.05) is 11.6 Å². The van der Waals surface area contributed by atoms with Crippen molar-refractivity contribution in [2.24, 2.45) is 11.7 Å². The van der Waals surface area contributed by atoms with Crippen LogP contribution in [0.5, 0.6) is 0 Å². The second-order valence-corrected chi connectivity index (χ2v) is 6.31. The minimum atomic E-state index is -0.136. The normalized spacial score (nSPS) is 35.7. The van der Waals surface area contributed by atoms with Gasteiger partial charge in [0.05, 0.1) is 5.54 Å². The van der Waals surface area contributed by atoms with Gasteiger partial charge in [-0.3, -0.25) is 4.90 Å². The lowest BCUT2D eigenvalue weighted by atomic mass is 9.73. The Balaban J connectivity index is 2.51. The summed E-state index contributed by atoms with van der Waals surface area (Å²) >= 11 is 0. The maximum Gasteiger partial charge on any atom is 0.105 e. The summed E-state index contributed by atoms with van der Waals surface area (Å²) in [5.41, 5.74) is 8.17. The molecule has 0 amide bonds. The molecule has 1 fully saturated rings. The number of nitrogens with two attached hydrogens (primary N) is 1. The molecule has 2 unspecified atom stereocenters. The van der Waals surface area contributed by atoms with E-state index in [1.165, 1.54) is 5.57 Å². The summed E-state index contributed by atoms with van der Waals surface area (Å²) in [6, 6.07) is 0. The van der Waals surface area contributed by atoms with Crippen LogP contribution in [0.2, 0.25) is 0 Å². The van der Waals surface area contributed by atoms with Gasteiger partial charge in [-0.25, -0.2) is 0 Å². The van der Waals surface area contributed by atoms with Gasteiger partial charge in [0.15, 0.2) is 0 Å². The summed E-state index contributed by atoms with van der Waals surface area (Å²) in [6.45, 7) is 8.60. The van der Waals surface area contributed by atoms with Crippen molar-refractivity contribution >= 4 is 0 Å². The average Bonchev–Trinajstić information content (AvgIpc) is 2.51. The van der Waals surface area contributed by atoms with Gasteiger partial charge < -0.3 is 10.5 Å². The minimum absolute atomic E-state index is 0.0863. The highest BCUT2D eigenvalue weighted by Crippen LogP contribution is 2.50. The zero-order valence-corrected chi connectivity index (χ0v) is 11.8. The fourth-order valence-corrected chi connectivity index (χ4v) is 3.03. The third kappa shape index (κ3) is 1.68.